The summed E-state index contributed by atoms with van der Waals surface area (Å²) in [4.78, 5) is 24.9. The number of aryl methyl sites for hydroxylation is 2. The van der Waals surface area contributed by atoms with Crippen molar-refractivity contribution in [3.8, 4) is 0 Å². The summed E-state index contributed by atoms with van der Waals surface area (Å²) in [6, 6.07) is 3.27. The van der Waals surface area contributed by atoms with Crippen molar-refractivity contribution in [3.63, 3.8) is 0 Å². The largest absolute Gasteiger partial charge is 0.299 e. The summed E-state index contributed by atoms with van der Waals surface area (Å²) in [5, 5.41) is 4.13. The zero-order valence-electron chi connectivity index (χ0n) is 11.4. The minimum Gasteiger partial charge on any atom is -0.296 e. The van der Waals surface area contributed by atoms with Crippen molar-refractivity contribution in [1.29, 1.82) is 0 Å². The van der Waals surface area contributed by atoms with Gasteiger partial charge in [0, 0.05) is 13.1 Å². The smallest absolute Gasteiger partial charge is 0.296 e. The van der Waals surface area contributed by atoms with Gasteiger partial charge in [-0.15, -0.1) is 0 Å². The number of amides is 1. The second-order valence-electron chi connectivity index (χ2n) is 4.90. The molecule has 1 aromatic heterocycles. The van der Waals surface area contributed by atoms with Crippen molar-refractivity contribution in [2.45, 2.75) is 13.5 Å². The van der Waals surface area contributed by atoms with Crippen LogP contribution in [-0.2, 0) is 18.4 Å². The van der Waals surface area contributed by atoms with Crippen LogP contribution in [0.25, 0.3) is 0 Å². The lowest BCUT2D eigenvalue weighted by Gasteiger charge is -2.17. The summed E-state index contributed by atoms with van der Waals surface area (Å²) < 4.78 is 28.7. The van der Waals surface area contributed by atoms with E-state index in [0.29, 0.717) is 11.8 Å². The van der Waals surface area contributed by atoms with E-state index in [1.807, 2.05) is 0 Å². The van der Waals surface area contributed by atoms with Gasteiger partial charge in [0.25, 0.3) is 11.7 Å². The number of hydrogen-bond donors (Lipinski definition) is 0. The van der Waals surface area contributed by atoms with Crippen molar-refractivity contribution in [1.82, 2.24) is 9.78 Å². The van der Waals surface area contributed by atoms with Gasteiger partial charge in [-0.3, -0.25) is 19.2 Å². The first kappa shape index (κ1) is 13.4. The van der Waals surface area contributed by atoms with Crippen LogP contribution in [0.2, 0.25) is 0 Å². The molecule has 0 aliphatic carbocycles. The molecular weight excluding hydrogens is 280 g/mol. The predicted molar refractivity (Wildman–Crippen MR) is 69.8 cm³/mol. The Morgan fingerprint density at radius 3 is 2.52 bits per heavy atom. The zero-order valence-corrected chi connectivity index (χ0v) is 11.4. The molecule has 1 aromatic carbocycles. The quantitative estimate of drug-likeness (QED) is 0.792. The topological polar surface area (TPSA) is 55.2 Å². The highest BCUT2D eigenvalue weighted by Gasteiger charge is 2.39. The molecule has 2 heterocycles. The van der Waals surface area contributed by atoms with Crippen molar-refractivity contribution in [3.05, 3.63) is 46.8 Å². The molecule has 21 heavy (non-hydrogen) atoms. The Hall–Kier alpha value is -2.57. The van der Waals surface area contributed by atoms with Gasteiger partial charge in [-0.25, -0.2) is 8.78 Å². The van der Waals surface area contributed by atoms with Crippen LogP contribution < -0.4 is 4.90 Å². The van der Waals surface area contributed by atoms with Crippen LogP contribution in [0.1, 0.15) is 21.7 Å². The Morgan fingerprint density at radius 1 is 1.19 bits per heavy atom. The lowest BCUT2D eigenvalue weighted by atomic mass is 10.1. The molecule has 3 rings (SSSR count). The van der Waals surface area contributed by atoms with E-state index in [1.165, 1.54) is 0 Å². The number of nitrogens with zero attached hydrogens (tertiary/aromatic N) is 3. The molecule has 0 saturated carbocycles. The molecule has 0 saturated heterocycles. The molecule has 0 atom stereocenters. The van der Waals surface area contributed by atoms with Gasteiger partial charge < -0.3 is 0 Å². The molecule has 1 aliphatic rings. The van der Waals surface area contributed by atoms with E-state index >= 15 is 0 Å². The third kappa shape index (κ3) is 2.01. The third-order valence-corrected chi connectivity index (χ3v) is 3.40. The van der Waals surface area contributed by atoms with Crippen LogP contribution in [0.4, 0.5) is 14.5 Å². The van der Waals surface area contributed by atoms with E-state index in [-0.39, 0.29) is 17.8 Å². The van der Waals surface area contributed by atoms with Crippen LogP contribution in [0.3, 0.4) is 0 Å². The molecule has 0 radical (unpaired) electrons. The number of anilines is 1. The van der Waals surface area contributed by atoms with E-state index < -0.39 is 23.3 Å². The third-order valence-electron chi connectivity index (χ3n) is 3.40. The second kappa shape index (κ2) is 4.47. The van der Waals surface area contributed by atoms with Crippen LogP contribution in [0.15, 0.2) is 18.2 Å². The van der Waals surface area contributed by atoms with Crippen LogP contribution in [0.5, 0.6) is 0 Å². The minimum absolute atomic E-state index is 0.00251. The van der Waals surface area contributed by atoms with Crippen molar-refractivity contribution < 1.29 is 18.4 Å². The maximum atomic E-state index is 13.9. The molecule has 0 spiro atoms. The molecule has 1 aliphatic heterocycles. The van der Waals surface area contributed by atoms with Crippen molar-refractivity contribution >= 4 is 17.4 Å². The van der Waals surface area contributed by atoms with E-state index in [0.717, 1.165) is 16.7 Å². The van der Waals surface area contributed by atoms with Gasteiger partial charge >= 0.3 is 0 Å². The van der Waals surface area contributed by atoms with Gasteiger partial charge in [0.2, 0.25) is 0 Å². The van der Waals surface area contributed by atoms with Gasteiger partial charge in [0.1, 0.15) is 5.82 Å². The van der Waals surface area contributed by atoms with Gasteiger partial charge in [0.05, 0.1) is 29.2 Å². The Morgan fingerprint density at radius 2 is 1.90 bits per heavy atom. The minimum atomic E-state index is -0.928. The van der Waals surface area contributed by atoms with Crippen molar-refractivity contribution in [2.24, 2.45) is 7.05 Å². The molecular formula is C14H11F2N3O2. The fraction of sp³-hybridized carbons (Fsp3) is 0.214. The fourth-order valence-corrected chi connectivity index (χ4v) is 2.48. The summed E-state index contributed by atoms with van der Waals surface area (Å²) in [5.74, 6) is -3.58. The average Bonchev–Trinajstić information content (AvgIpc) is 2.83. The lowest BCUT2D eigenvalue weighted by molar-refractivity contribution is -0.114. The van der Waals surface area contributed by atoms with Gasteiger partial charge in [-0.1, -0.05) is 0 Å². The first-order valence-corrected chi connectivity index (χ1v) is 6.23. The molecule has 0 unspecified atom stereocenters. The monoisotopic (exact) mass is 291 g/mol. The van der Waals surface area contributed by atoms with Gasteiger partial charge in [-0.2, -0.15) is 5.10 Å². The van der Waals surface area contributed by atoms with Crippen LogP contribution in [0, 0.1) is 18.6 Å². The van der Waals surface area contributed by atoms with E-state index in [4.69, 9.17) is 0 Å². The number of ketones is 1. The maximum absolute atomic E-state index is 13.9. The van der Waals surface area contributed by atoms with E-state index in [1.54, 1.807) is 24.7 Å². The van der Waals surface area contributed by atoms with Crippen molar-refractivity contribution in [2.75, 3.05) is 4.90 Å². The average molecular weight is 291 g/mol. The molecule has 5 nitrogen and oxygen atoms in total. The molecule has 108 valence electrons. The molecule has 7 heteroatoms. The first-order valence-electron chi connectivity index (χ1n) is 6.23. The highest BCUT2D eigenvalue weighted by atomic mass is 19.1. The summed E-state index contributed by atoms with van der Waals surface area (Å²) in [7, 11) is 1.69. The Kier molecular flexibility index (Phi) is 2.86. The number of carbonyl (C=O) groups excluding carboxylic acids is 2. The Labute approximate surface area is 118 Å². The second-order valence-corrected chi connectivity index (χ2v) is 4.90. The number of aromatic nitrogens is 2. The highest BCUT2D eigenvalue weighted by molar-refractivity contribution is 6.52. The number of carbonyl (C=O) groups is 2. The molecule has 0 N–H and O–H groups in total. The Bertz CT molecular complexity index is 783. The fourth-order valence-electron chi connectivity index (χ4n) is 2.48. The summed E-state index contributed by atoms with van der Waals surface area (Å²) in [6.07, 6.45) is 0. The normalized spacial score (nSPS) is 14.0. The highest BCUT2D eigenvalue weighted by Crippen LogP contribution is 2.33. The number of fused-ring (bicyclic) bond motifs is 1. The number of rotatable bonds is 2. The standard InChI is InChI=1S/C14H11F2N3O2/c1-7-3-9(18(2)17-7)6-19-12-10(13(20)14(19)21)4-8(15)5-11(12)16/h3-5H,6H2,1-2H3. The maximum Gasteiger partial charge on any atom is 0.299 e. The Balaban J connectivity index is 2.07. The number of Topliss-reactive ketones (excluding diaryl/α,β-unsaturated/α-hetero) is 1. The number of benzene rings is 1. The summed E-state index contributed by atoms with van der Waals surface area (Å²) >= 11 is 0. The first-order chi connectivity index (χ1) is 9.88. The lowest BCUT2D eigenvalue weighted by Crippen LogP contribution is -2.30. The summed E-state index contributed by atoms with van der Waals surface area (Å²) in [6.45, 7) is 1.78. The van der Waals surface area contributed by atoms with Gasteiger partial charge in [0.15, 0.2) is 5.82 Å². The molecule has 0 fully saturated rings. The van der Waals surface area contributed by atoms with E-state index in [2.05, 4.69) is 5.10 Å². The van der Waals surface area contributed by atoms with Crippen LogP contribution >= 0.6 is 0 Å². The molecule has 0 bridgehead atoms. The summed E-state index contributed by atoms with van der Waals surface area (Å²) in [5.41, 5.74) is 0.970. The SMILES string of the molecule is Cc1cc(CN2C(=O)C(=O)c3cc(F)cc(F)c32)n(C)n1. The number of hydrogen-bond acceptors (Lipinski definition) is 3. The zero-order chi connectivity index (χ0) is 15.3. The van der Waals surface area contributed by atoms with Gasteiger partial charge in [-0.05, 0) is 19.1 Å². The predicted octanol–water partition coefficient (Wildman–Crippen LogP) is 1.74. The van der Waals surface area contributed by atoms with E-state index in [9.17, 15) is 18.4 Å². The molecule has 1 amide bonds. The molecule has 2 aromatic rings. The van der Waals surface area contributed by atoms with Crippen LogP contribution in [-0.4, -0.2) is 21.5 Å². The number of halogens is 2.